The van der Waals surface area contributed by atoms with Crippen LogP contribution >= 0.6 is 0 Å². The number of nitrogens with zero attached hydrogens (tertiary/aromatic N) is 1. The Bertz CT molecular complexity index is 648. The van der Waals surface area contributed by atoms with Crippen LogP contribution in [-0.4, -0.2) is 53.7 Å². The van der Waals surface area contributed by atoms with Gasteiger partial charge < -0.3 is 9.72 Å². The molecular weight excluding hydrogens is 308 g/mol. The molecule has 0 aromatic carbocycles. The second-order valence-electron chi connectivity index (χ2n) is 6.43. The third-order valence-electron chi connectivity index (χ3n) is 4.56. The molecule has 2 heterocycles. The molecule has 1 aliphatic rings. The van der Waals surface area contributed by atoms with Gasteiger partial charge in [0.05, 0.1) is 24.8 Å². The van der Waals surface area contributed by atoms with Crippen molar-refractivity contribution in [1.82, 2.24) is 9.88 Å². The van der Waals surface area contributed by atoms with E-state index in [0.29, 0.717) is 30.0 Å². The van der Waals surface area contributed by atoms with E-state index < -0.39 is 0 Å². The molecule has 6 nitrogen and oxygen atoms in total. The number of aryl methyl sites for hydroxylation is 1. The zero-order valence-corrected chi connectivity index (χ0v) is 14.9. The number of nitrogens with one attached hydrogen (secondary N) is 1. The molecular formula is C18H26N2O4. The van der Waals surface area contributed by atoms with E-state index in [1.807, 2.05) is 4.90 Å². The van der Waals surface area contributed by atoms with Gasteiger partial charge in [0.1, 0.15) is 0 Å². The lowest BCUT2D eigenvalue weighted by Crippen LogP contribution is -2.42. The molecule has 1 atom stereocenters. The molecule has 1 N–H and O–H groups in total. The number of carbonyl (C=O) groups excluding carboxylic acids is 3. The number of rotatable bonds is 6. The number of ether oxygens (including phenoxy) is 1. The van der Waals surface area contributed by atoms with Gasteiger partial charge in [0.25, 0.3) is 0 Å². The summed E-state index contributed by atoms with van der Waals surface area (Å²) < 4.78 is 5.09. The second-order valence-corrected chi connectivity index (χ2v) is 6.43. The minimum absolute atomic E-state index is 0.0411. The second kappa shape index (κ2) is 7.75. The van der Waals surface area contributed by atoms with E-state index in [1.54, 1.807) is 20.8 Å². The highest BCUT2D eigenvalue weighted by atomic mass is 16.5. The maximum Gasteiger partial charge on any atom is 0.310 e. The number of aromatic nitrogens is 1. The Labute approximate surface area is 142 Å². The van der Waals surface area contributed by atoms with Gasteiger partial charge in [-0.15, -0.1) is 0 Å². The summed E-state index contributed by atoms with van der Waals surface area (Å²) in [5.74, 6) is -0.431. The maximum absolute atomic E-state index is 12.6. The number of hydrogen-bond donors (Lipinski definition) is 1. The first-order chi connectivity index (χ1) is 11.3. The summed E-state index contributed by atoms with van der Waals surface area (Å²) in [5, 5.41) is 0. The number of Topliss-reactive ketones (excluding diaryl/α,β-unsaturated/α-hetero) is 2. The van der Waals surface area contributed by atoms with E-state index >= 15 is 0 Å². The molecule has 1 aliphatic heterocycles. The third-order valence-corrected chi connectivity index (χ3v) is 4.56. The van der Waals surface area contributed by atoms with Crippen LogP contribution in [0.1, 0.15) is 58.8 Å². The van der Waals surface area contributed by atoms with Gasteiger partial charge in [0.15, 0.2) is 11.6 Å². The molecule has 1 fully saturated rings. The molecule has 6 heteroatoms. The van der Waals surface area contributed by atoms with E-state index in [9.17, 15) is 14.4 Å². The van der Waals surface area contributed by atoms with Crippen LogP contribution < -0.4 is 0 Å². The summed E-state index contributed by atoms with van der Waals surface area (Å²) >= 11 is 0. The van der Waals surface area contributed by atoms with Crippen LogP contribution in [0.5, 0.6) is 0 Å². The number of piperidine rings is 1. The molecule has 24 heavy (non-hydrogen) atoms. The number of ketones is 2. The first-order valence-corrected chi connectivity index (χ1v) is 8.47. The molecule has 0 saturated carbocycles. The van der Waals surface area contributed by atoms with Gasteiger partial charge in [-0.3, -0.25) is 19.3 Å². The molecule has 0 spiro atoms. The van der Waals surface area contributed by atoms with Gasteiger partial charge in [-0.05, 0) is 52.6 Å². The average Bonchev–Trinajstić information content (AvgIpc) is 2.82. The van der Waals surface area contributed by atoms with Crippen LogP contribution in [0.4, 0.5) is 0 Å². The minimum atomic E-state index is -0.180. The van der Waals surface area contributed by atoms with Gasteiger partial charge in [-0.25, -0.2) is 0 Å². The molecule has 0 aliphatic carbocycles. The predicted molar refractivity (Wildman–Crippen MR) is 90.4 cm³/mol. The number of esters is 1. The Balaban J connectivity index is 2.06. The van der Waals surface area contributed by atoms with Crippen molar-refractivity contribution in [3.63, 3.8) is 0 Å². The van der Waals surface area contributed by atoms with Crippen LogP contribution in [0.3, 0.4) is 0 Å². The maximum atomic E-state index is 12.6. The first-order valence-electron chi connectivity index (χ1n) is 8.47. The molecule has 0 unspecified atom stereocenters. The normalized spacial score (nSPS) is 18.4. The zero-order valence-electron chi connectivity index (χ0n) is 14.9. The van der Waals surface area contributed by atoms with Gasteiger partial charge in [-0.2, -0.15) is 0 Å². The summed E-state index contributed by atoms with van der Waals surface area (Å²) in [6, 6.07) is 0. The van der Waals surface area contributed by atoms with Crippen molar-refractivity contribution in [1.29, 1.82) is 0 Å². The van der Waals surface area contributed by atoms with Crippen molar-refractivity contribution < 1.29 is 19.1 Å². The van der Waals surface area contributed by atoms with Gasteiger partial charge in [0.2, 0.25) is 0 Å². The van der Waals surface area contributed by atoms with Crippen molar-refractivity contribution in [2.24, 2.45) is 5.92 Å². The molecule has 2 rings (SSSR count). The lowest BCUT2D eigenvalue weighted by atomic mass is 9.97. The Morgan fingerprint density at radius 2 is 2.00 bits per heavy atom. The molecule has 0 bridgehead atoms. The van der Waals surface area contributed by atoms with Crippen LogP contribution in [0, 0.1) is 19.8 Å². The molecule has 132 valence electrons. The van der Waals surface area contributed by atoms with E-state index in [1.165, 1.54) is 6.92 Å². The number of H-pyrrole nitrogens is 1. The number of hydrogen-bond acceptors (Lipinski definition) is 5. The topological polar surface area (TPSA) is 79.5 Å². The molecule has 1 aromatic rings. The summed E-state index contributed by atoms with van der Waals surface area (Å²) in [4.78, 5) is 41.3. The van der Waals surface area contributed by atoms with Crippen molar-refractivity contribution in [3.8, 4) is 0 Å². The van der Waals surface area contributed by atoms with Crippen LogP contribution in [0.2, 0.25) is 0 Å². The Hall–Kier alpha value is -1.95. The predicted octanol–water partition coefficient (Wildman–Crippen LogP) is 2.29. The standard InChI is InChI=1S/C18H26N2O4/c1-5-24-18(23)14-7-6-8-20(9-14)10-15(22)17-11(2)16(13(4)21)12(3)19-17/h14,19H,5-10H2,1-4H3/t14-/m0/s1. The highest BCUT2D eigenvalue weighted by molar-refractivity contribution is 6.03. The van der Waals surface area contributed by atoms with Gasteiger partial charge in [-0.1, -0.05) is 0 Å². The van der Waals surface area contributed by atoms with Crippen molar-refractivity contribution >= 4 is 17.5 Å². The number of likely N-dealkylation sites (tertiary alicyclic amines) is 1. The minimum Gasteiger partial charge on any atom is -0.466 e. The largest absolute Gasteiger partial charge is 0.466 e. The van der Waals surface area contributed by atoms with Crippen molar-refractivity contribution in [2.45, 2.75) is 40.5 Å². The summed E-state index contributed by atoms with van der Waals surface area (Å²) in [6.45, 7) is 8.86. The Kier molecular flexibility index (Phi) is 5.94. The lowest BCUT2D eigenvalue weighted by molar-refractivity contribution is -0.149. The SMILES string of the molecule is CCOC(=O)[C@H]1CCCN(CC(=O)c2[nH]c(C)c(C(C)=O)c2C)C1. The highest BCUT2D eigenvalue weighted by Crippen LogP contribution is 2.21. The lowest BCUT2D eigenvalue weighted by Gasteiger charge is -2.30. The molecule has 0 radical (unpaired) electrons. The van der Waals surface area contributed by atoms with Gasteiger partial charge in [0, 0.05) is 17.8 Å². The molecule has 0 amide bonds. The van der Waals surface area contributed by atoms with E-state index in [4.69, 9.17) is 4.74 Å². The average molecular weight is 334 g/mol. The highest BCUT2D eigenvalue weighted by Gasteiger charge is 2.29. The smallest absolute Gasteiger partial charge is 0.310 e. The van der Waals surface area contributed by atoms with Crippen molar-refractivity contribution in [3.05, 3.63) is 22.5 Å². The fourth-order valence-corrected chi connectivity index (χ4v) is 3.49. The van der Waals surface area contributed by atoms with Crippen LogP contribution in [-0.2, 0) is 9.53 Å². The molecule has 1 saturated heterocycles. The van der Waals surface area contributed by atoms with E-state index in [-0.39, 0.29) is 30.0 Å². The quantitative estimate of drug-likeness (QED) is 0.638. The van der Waals surface area contributed by atoms with Crippen LogP contribution in [0.15, 0.2) is 0 Å². The fraction of sp³-hybridized carbons (Fsp3) is 0.611. The third kappa shape index (κ3) is 3.93. The first kappa shape index (κ1) is 18.4. The Morgan fingerprint density at radius 1 is 1.29 bits per heavy atom. The van der Waals surface area contributed by atoms with E-state index in [0.717, 1.165) is 25.1 Å². The summed E-state index contributed by atoms with van der Waals surface area (Å²) in [5.41, 5.74) is 2.53. The van der Waals surface area contributed by atoms with Crippen molar-refractivity contribution in [2.75, 3.05) is 26.2 Å². The van der Waals surface area contributed by atoms with Crippen LogP contribution in [0.25, 0.3) is 0 Å². The van der Waals surface area contributed by atoms with Gasteiger partial charge >= 0.3 is 5.97 Å². The monoisotopic (exact) mass is 334 g/mol. The molecule has 1 aromatic heterocycles. The number of carbonyl (C=O) groups is 3. The fourth-order valence-electron chi connectivity index (χ4n) is 3.49. The summed E-state index contributed by atoms with van der Waals surface area (Å²) in [7, 11) is 0. The Morgan fingerprint density at radius 3 is 2.58 bits per heavy atom. The number of aromatic amines is 1. The summed E-state index contributed by atoms with van der Waals surface area (Å²) in [6.07, 6.45) is 1.68. The zero-order chi connectivity index (χ0) is 17.9. The van der Waals surface area contributed by atoms with E-state index in [2.05, 4.69) is 4.98 Å².